The van der Waals surface area contributed by atoms with Crippen molar-refractivity contribution in [3.8, 4) is 0 Å². The molecule has 0 bridgehead atoms. The van der Waals surface area contributed by atoms with Crippen LogP contribution in [0.2, 0.25) is 10.0 Å². The van der Waals surface area contributed by atoms with Gasteiger partial charge < -0.3 is 10.6 Å². The second kappa shape index (κ2) is 8.09. The zero-order valence-corrected chi connectivity index (χ0v) is 17.7. The first-order chi connectivity index (χ1) is 14.6. The van der Waals surface area contributed by atoms with Crippen molar-refractivity contribution in [2.75, 3.05) is 10.6 Å². The lowest BCUT2D eigenvalue weighted by atomic mass is 9.96. The zero-order valence-electron chi connectivity index (χ0n) is 16.2. The lowest BCUT2D eigenvalue weighted by Crippen LogP contribution is -2.35. The highest BCUT2D eigenvalue weighted by atomic mass is 35.5. The lowest BCUT2D eigenvalue weighted by Gasteiger charge is -2.33. The first kappa shape index (κ1) is 21.5. The fraction of sp³-hybridized carbons (Fsp3) is 0.238. The number of fused-ring (bicyclic) bond motifs is 1. The molecule has 1 aromatic heterocycles. The topological polar surface area (TPSA) is 59.0 Å². The van der Waals surface area contributed by atoms with Crippen LogP contribution in [-0.2, 0) is 0 Å². The largest absolute Gasteiger partial charge is 0.410 e. The number of hydrogen-bond acceptors (Lipinski definition) is 3. The third kappa shape index (κ3) is 4.36. The number of hydrogen-bond donors (Lipinski definition) is 2. The molecule has 4 rings (SSSR count). The second-order valence-electron chi connectivity index (χ2n) is 7.32. The normalized spacial score (nSPS) is 18.3. The maximum Gasteiger partial charge on any atom is 0.410 e. The van der Waals surface area contributed by atoms with Crippen LogP contribution in [0.4, 0.5) is 24.7 Å². The SMILES string of the molecule is Cc1ccc([C@@H]2C[C@H](C(F)(F)F)n3nc(C(=O)Nc4cccc(Cl)c4Cl)cc3N2)cc1. The summed E-state index contributed by atoms with van der Waals surface area (Å²) in [6.07, 6.45) is -4.78. The van der Waals surface area contributed by atoms with Gasteiger partial charge in [0.1, 0.15) is 5.82 Å². The highest BCUT2D eigenvalue weighted by Gasteiger charge is 2.46. The number of aromatic nitrogens is 2. The number of amides is 1. The smallest absolute Gasteiger partial charge is 0.363 e. The van der Waals surface area contributed by atoms with E-state index in [0.29, 0.717) is 0 Å². The number of carbonyl (C=O) groups excluding carboxylic acids is 1. The van der Waals surface area contributed by atoms with E-state index in [1.165, 1.54) is 12.1 Å². The van der Waals surface area contributed by atoms with E-state index in [9.17, 15) is 18.0 Å². The van der Waals surface area contributed by atoms with Crippen LogP contribution in [0.3, 0.4) is 0 Å². The molecule has 2 N–H and O–H groups in total. The maximum absolute atomic E-state index is 13.8. The van der Waals surface area contributed by atoms with Crippen LogP contribution in [-0.4, -0.2) is 21.9 Å². The van der Waals surface area contributed by atoms with E-state index in [4.69, 9.17) is 23.2 Å². The predicted molar refractivity (Wildman–Crippen MR) is 114 cm³/mol. The van der Waals surface area contributed by atoms with Gasteiger partial charge in [-0.1, -0.05) is 59.1 Å². The van der Waals surface area contributed by atoms with Crippen molar-refractivity contribution in [2.24, 2.45) is 0 Å². The highest BCUT2D eigenvalue weighted by molar-refractivity contribution is 6.44. The minimum Gasteiger partial charge on any atom is -0.363 e. The molecule has 0 saturated heterocycles. The number of aryl methyl sites for hydroxylation is 1. The molecule has 1 amide bonds. The minimum absolute atomic E-state index is 0.112. The molecule has 5 nitrogen and oxygen atoms in total. The quantitative estimate of drug-likeness (QED) is 0.466. The van der Waals surface area contributed by atoms with Crippen molar-refractivity contribution in [1.29, 1.82) is 0 Å². The number of rotatable bonds is 3. The standard InChI is InChI=1S/C21H17Cl2F3N4O/c1-11-5-7-12(8-6-11)15-9-17(21(24,25)26)30-18(27-15)10-16(29-30)20(31)28-14-4-2-3-13(22)19(14)23/h2-8,10,15,17,27H,9H2,1H3,(H,28,31)/t15-,17+/m0/s1. The van der Waals surface area contributed by atoms with E-state index >= 15 is 0 Å². The summed E-state index contributed by atoms with van der Waals surface area (Å²) in [5.74, 6) is -0.581. The van der Waals surface area contributed by atoms with Crippen LogP contribution < -0.4 is 10.6 Å². The van der Waals surface area contributed by atoms with Crippen LogP contribution in [0.25, 0.3) is 0 Å². The Morgan fingerprint density at radius 2 is 1.90 bits per heavy atom. The fourth-order valence-electron chi connectivity index (χ4n) is 3.49. The van der Waals surface area contributed by atoms with E-state index in [2.05, 4.69) is 15.7 Å². The molecular formula is C21H17Cl2F3N4O. The van der Waals surface area contributed by atoms with E-state index < -0.39 is 24.2 Å². The van der Waals surface area contributed by atoms with Crippen molar-refractivity contribution in [1.82, 2.24) is 9.78 Å². The Morgan fingerprint density at radius 1 is 1.19 bits per heavy atom. The molecule has 162 valence electrons. The van der Waals surface area contributed by atoms with Gasteiger partial charge in [-0.2, -0.15) is 18.3 Å². The number of halogens is 5. The molecule has 1 aliphatic heterocycles. The molecule has 2 heterocycles. The van der Waals surface area contributed by atoms with Crippen molar-refractivity contribution < 1.29 is 18.0 Å². The third-order valence-electron chi connectivity index (χ3n) is 5.10. The summed E-state index contributed by atoms with van der Waals surface area (Å²) in [6.45, 7) is 1.91. The Hall–Kier alpha value is -2.71. The van der Waals surface area contributed by atoms with Gasteiger partial charge in [0, 0.05) is 12.5 Å². The first-order valence-electron chi connectivity index (χ1n) is 9.38. The number of carbonyl (C=O) groups is 1. The molecule has 0 fully saturated rings. The molecule has 2 atom stereocenters. The molecular weight excluding hydrogens is 452 g/mol. The molecule has 0 unspecified atom stereocenters. The summed E-state index contributed by atoms with van der Waals surface area (Å²) in [4.78, 5) is 12.6. The molecule has 0 spiro atoms. The van der Waals surface area contributed by atoms with Crippen molar-refractivity contribution in [3.63, 3.8) is 0 Å². The summed E-state index contributed by atoms with van der Waals surface area (Å²) < 4.78 is 42.2. The van der Waals surface area contributed by atoms with E-state index in [0.717, 1.165) is 15.8 Å². The van der Waals surface area contributed by atoms with Crippen LogP contribution in [0.15, 0.2) is 48.5 Å². The number of benzene rings is 2. The minimum atomic E-state index is -4.53. The van der Waals surface area contributed by atoms with E-state index in [1.54, 1.807) is 24.3 Å². The second-order valence-corrected chi connectivity index (χ2v) is 8.10. The monoisotopic (exact) mass is 468 g/mol. The molecule has 3 aromatic rings. The van der Waals surface area contributed by atoms with Gasteiger partial charge >= 0.3 is 6.18 Å². The van der Waals surface area contributed by atoms with Gasteiger partial charge in [-0.25, -0.2) is 4.68 Å². The van der Waals surface area contributed by atoms with Crippen molar-refractivity contribution in [2.45, 2.75) is 31.6 Å². The highest BCUT2D eigenvalue weighted by Crippen LogP contribution is 2.43. The molecule has 31 heavy (non-hydrogen) atoms. The average molecular weight is 469 g/mol. The Balaban J connectivity index is 1.65. The Bertz CT molecular complexity index is 1130. The first-order valence-corrected chi connectivity index (χ1v) is 10.1. The van der Waals surface area contributed by atoms with Gasteiger partial charge in [-0.15, -0.1) is 0 Å². The summed E-state index contributed by atoms with van der Waals surface area (Å²) in [6, 6.07) is 10.8. The van der Waals surface area contributed by atoms with Crippen LogP contribution in [0.1, 0.15) is 40.1 Å². The molecule has 0 aliphatic carbocycles. The Morgan fingerprint density at radius 3 is 2.58 bits per heavy atom. The Kier molecular flexibility index (Phi) is 5.61. The van der Waals surface area contributed by atoms with Crippen molar-refractivity contribution >= 4 is 40.6 Å². The summed E-state index contributed by atoms with van der Waals surface area (Å²) >= 11 is 12.0. The van der Waals surface area contributed by atoms with Gasteiger partial charge in [0.15, 0.2) is 11.7 Å². The maximum atomic E-state index is 13.8. The number of nitrogens with zero attached hydrogens (tertiary/aromatic N) is 2. The van der Waals surface area contributed by atoms with Crippen molar-refractivity contribution in [3.05, 3.63) is 75.4 Å². The molecule has 2 aromatic carbocycles. The molecule has 10 heteroatoms. The van der Waals surface area contributed by atoms with Crippen LogP contribution >= 0.6 is 23.2 Å². The van der Waals surface area contributed by atoms with Crippen LogP contribution in [0.5, 0.6) is 0 Å². The zero-order chi connectivity index (χ0) is 22.3. The summed E-state index contributed by atoms with van der Waals surface area (Å²) in [5, 5.41) is 9.91. The van der Waals surface area contributed by atoms with E-state index in [-0.39, 0.29) is 33.7 Å². The number of anilines is 2. The number of nitrogens with one attached hydrogen (secondary N) is 2. The molecule has 0 saturated carbocycles. The van der Waals surface area contributed by atoms with E-state index in [1.807, 2.05) is 19.1 Å². The summed E-state index contributed by atoms with van der Waals surface area (Å²) in [5.41, 5.74) is 1.81. The van der Waals surface area contributed by atoms with Gasteiger partial charge in [-0.05, 0) is 24.6 Å². The Labute approximate surface area is 186 Å². The van der Waals surface area contributed by atoms with Gasteiger partial charge in [0.05, 0.1) is 21.8 Å². The van der Waals surface area contributed by atoms with Gasteiger partial charge in [0.25, 0.3) is 5.91 Å². The molecule has 1 aliphatic rings. The average Bonchev–Trinajstić information content (AvgIpc) is 3.14. The third-order valence-corrected chi connectivity index (χ3v) is 5.92. The number of alkyl halides is 3. The van der Waals surface area contributed by atoms with Crippen LogP contribution in [0, 0.1) is 6.92 Å². The van der Waals surface area contributed by atoms with Gasteiger partial charge in [0.2, 0.25) is 0 Å². The van der Waals surface area contributed by atoms with Gasteiger partial charge in [-0.3, -0.25) is 4.79 Å². The fourth-order valence-corrected chi connectivity index (χ4v) is 3.84. The molecule has 0 radical (unpaired) electrons. The lowest BCUT2D eigenvalue weighted by molar-refractivity contribution is -0.173. The summed E-state index contributed by atoms with van der Waals surface area (Å²) in [7, 11) is 0. The predicted octanol–water partition coefficient (Wildman–Crippen LogP) is 6.41.